The first kappa shape index (κ1) is 12.2. The third-order valence-electron chi connectivity index (χ3n) is 4.45. The molecule has 0 amide bonds. The molecule has 1 aromatic carbocycles. The molecule has 1 saturated heterocycles. The van der Waals surface area contributed by atoms with E-state index in [1.165, 1.54) is 5.56 Å². The number of ether oxygens (including phenoxy) is 1. The fourth-order valence-corrected chi connectivity index (χ4v) is 3.61. The zero-order valence-electron chi connectivity index (χ0n) is 10.3. The minimum absolute atomic E-state index is 0.0546. The zero-order chi connectivity index (χ0) is 12.6. The first-order chi connectivity index (χ1) is 8.72. The van der Waals surface area contributed by atoms with E-state index in [1.807, 2.05) is 18.2 Å². The van der Waals surface area contributed by atoms with E-state index in [-0.39, 0.29) is 5.41 Å². The monoisotopic (exact) mass is 264 g/mol. The Hall–Kier alpha value is -0.860. The van der Waals surface area contributed by atoms with E-state index in [1.54, 1.807) is 0 Å². The molecule has 0 spiro atoms. The first-order valence-corrected chi connectivity index (χ1v) is 6.95. The predicted molar refractivity (Wildman–Crippen MR) is 70.9 cm³/mol. The van der Waals surface area contributed by atoms with Crippen LogP contribution in [0.15, 0.2) is 24.3 Å². The van der Waals surface area contributed by atoms with E-state index >= 15 is 0 Å². The molecule has 1 aromatic rings. The van der Waals surface area contributed by atoms with Crippen molar-refractivity contribution < 1.29 is 9.53 Å². The summed E-state index contributed by atoms with van der Waals surface area (Å²) in [6, 6.07) is 8.06. The molecule has 0 N–H and O–H groups in total. The van der Waals surface area contributed by atoms with Crippen molar-refractivity contribution >= 4 is 17.4 Å². The van der Waals surface area contributed by atoms with Crippen LogP contribution in [0.25, 0.3) is 0 Å². The highest BCUT2D eigenvalue weighted by Gasteiger charge is 2.48. The molecule has 2 aliphatic rings. The molecular formula is C15H17ClO2. The molecule has 96 valence electrons. The van der Waals surface area contributed by atoms with E-state index < -0.39 is 0 Å². The quantitative estimate of drug-likeness (QED) is 0.819. The summed E-state index contributed by atoms with van der Waals surface area (Å²) in [7, 11) is 0. The van der Waals surface area contributed by atoms with Gasteiger partial charge in [0.05, 0.1) is 13.2 Å². The predicted octanol–water partition coefficient (Wildman–Crippen LogP) is 3.37. The molecule has 0 unspecified atom stereocenters. The van der Waals surface area contributed by atoms with E-state index in [0.29, 0.717) is 11.7 Å². The number of halogens is 1. The van der Waals surface area contributed by atoms with Crippen LogP contribution in [0.2, 0.25) is 5.02 Å². The number of ketones is 1. The fourth-order valence-electron chi connectivity index (χ4n) is 3.29. The van der Waals surface area contributed by atoms with Gasteiger partial charge in [0, 0.05) is 23.3 Å². The van der Waals surface area contributed by atoms with Gasteiger partial charge >= 0.3 is 0 Å². The van der Waals surface area contributed by atoms with Crippen LogP contribution in [0.4, 0.5) is 0 Å². The topological polar surface area (TPSA) is 26.3 Å². The normalized spacial score (nSPS) is 23.7. The molecule has 0 radical (unpaired) electrons. The Labute approximate surface area is 112 Å². The Morgan fingerprint density at radius 2 is 1.83 bits per heavy atom. The number of hydrogen-bond acceptors (Lipinski definition) is 2. The highest BCUT2D eigenvalue weighted by molar-refractivity contribution is 6.31. The fraction of sp³-hybridized carbons (Fsp3) is 0.533. The van der Waals surface area contributed by atoms with E-state index in [2.05, 4.69) is 6.07 Å². The minimum atomic E-state index is 0.0546. The lowest BCUT2D eigenvalue weighted by molar-refractivity contribution is -0.127. The molecule has 3 heteroatoms. The minimum Gasteiger partial charge on any atom is -0.379 e. The van der Waals surface area contributed by atoms with Crippen LogP contribution in [0, 0.1) is 5.92 Å². The lowest BCUT2D eigenvalue weighted by atomic mass is 9.63. The second kappa shape index (κ2) is 4.67. The van der Waals surface area contributed by atoms with E-state index in [0.717, 1.165) is 43.9 Å². The Morgan fingerprint density at radius 1 is 1.17 bits per heavy atom. The summed E-state index contributed by atoms with van der Waals surface area (Å²) in [5.74, 6) is 0.935. The number of benzene rings is 1. The third-order valence-corrected chi connectivity index (χ3v) is 4.78. The van der Waals surface area contributed by atoms with Gasteiger partial charge < -0.3 is 4.74 Å². The lowest BCUT2D eigenvalue weighted by Crippen LogP contribution is -2.53. The Bertz CT molecular complexity index is 455. The average Bonchev–Trinajstić information content (AvgIpc) is 2.32. The van der Waals surface area contributed by atoms with Gasteiger partial charge in [-0.15, -0.1) is 0 Å². The molecule has 1 heterocycles. The van der Waals surface area contributed by atoms with Gasteiger partial charge in [-0.05, 0) is 30.4 Å². The summed E-state index contributed by atoms with van der Waals surface area (Å²) in [5, 5.41) is 0.831. The molecule has 3 rings (SSSR count). The van der Waals surface area contributed by atoms with E-state index in [9.17, 15) is 4.79 Å². The molecule has 0 atom stereocenters. The summed E-state index contributed by atoms with van der Waals surface area (Å²) >= 11 is 6.35. The van der Waals surface area contributed by atoms with Crippen molar-refractivity contribution in [1.82, 2.24) is 0 Å². The molecule has 0 bridgehead atoms. The summed E-state index contributed by atoms with van der Waals surface area (Å²) in [4.78, 5) is 11.4. The maximum Gasteiger partial charge on any atom is 0.132 e. The van der Waals surface area contributed by atoms with Crippen molar-refractivity contribution in [1.29, 1.82) is 0 Å². The van der Waals surface area contributed by atoms with Crippen LogP contribution in [-0.4, -0.2) is 19.0 Å². The molecule has 2 nitrogen and oxygen atoms in total. The van der Waals surface area contributed by atoms with Gasteiger partial charge in [0.2, 0.25) is 0 Å². The summed E-state index contributed by atoms with van der Waals surface area (Å²) in [5.41, 5.74) is 1.26. The van der Waals surface area contributed by atoms with Crippen molar-refractivity contribution in [3.05, 3.63) is 34.9 Å². The molecule has 1 saturated carbocycles. The molecule has 2 fully saturated rings. The molecule has 18 heavy (non-hydrogen) atoms. The Balaban J connectivity index is 1.91. The van der Waals surface area contributed by atoms with Crippen molar-refractivity contribution in [3.8, 4) is 0 Å². The van der Waals surface area contributed by atoms with Gasteiger partial charge in [0.15, 0.2) is 0 Å². The standard InChI is InChI=1S/C15H17ClO2/c16-14-4-2-1-3-13(14)15(9-18-10-15)11-5-7-12(17)8-6-11/h1-4,11H,5-10H2. The highest BCUT2D eigenvalue weighted by Crippen LogP contribution is 2.47. The van der Waals surface area contributed by atoms with E-state index in [4.69, 9.17) is 16.3 Å². The highest BCUT2D eigenvalue weighted by atomic mass is 35.5. The van der Waals surface area contributed by atoms with Crippen molar-refractivity contribution in [3.63, 3.8) is 0 Å². The van der Waals surface area contributed by atoms with Gasteiger partial charge in [-0.25, -0.2) is 0 Å². The van der Waals surface area contributed by atoms with Crippen LogP contribution in [0.3, 0.4) is 0 Å². The molecule has 1 aliphatic heterocycles. The summed E-state index contributed by atoms with van der Waals surface area (Å²) < 4.78 is 5.48. The van der Waals surface area contributed by atoms with Crippen LogP contribution in [-0.2, 0) is 14.9 Å². The number of carbonyl (C=O) groups is 1. The van der Waals surface area contributed by atoms with Gasteiger partial charge in [-0.3, -0.25) is 4.79 Å². The van der Waals surface area contributed by atoms with Crippen LogP contribution in [0.1, 0.15) is 31.2 Å². The second-order valence-electron chi connectivity index (χ2n) is 5.44. The third kappa shape index (κ3) is 1.88. The van der Waals surface area contributed by atoms with Crippen molar-refractivity contribution in [2.45, 2.75) is 31.1 Å². The Morgan fingerprint density at radius 3 is 2.39 bits per heavy atom. The maximum atomic E-state index is 11.4. The average molecular weight is 265 g/mol. The van der Waals surface area contributed by atoms with Gasteiger partial charge in [-0.2, -0.15) is 0 Å². The van der Waals surface area contributed by atoms with Crippen molar-refractivity contribution in [2.75, 3.05) is 13.2 Å². The van der Waals surface area contributed by atoms with Gasteiger partial charge in [0.1, 0.15) is 5.78 Å². The van der Waals surface area contributed by atoms with Crippen molar-refractivity contribution in [2.24, 2.45) is 5.92 Å². The SMILES string of the molecule is O=C1CCC(C2(c3ccccc3Cl)COC2)CC1. The smallest absolute Gasteiger partial charge is 0.132 e. The number of Topliss-reactive ketones (excluding diaryl/α,β-unsaturated/α-hetero) is 1. The van der Waals surface area contributed by atoms with Crippen LogP contribution in [0.5, 0.6) is 0 Å². The van der Waals surface area contributed by atoms with Gasteiger partial charge in [-0.1, -0.05) is 29.8 Å². The van der Waals surface area contributed by atoms with Crippen LogP contribution >= 0.6 is 11.6 Å². The largest absolute Gasteiger partial charge is 0.379 e. The molecular weight excluding hydrogens is 248 g/mol. The lowest BCUT2D eigenvalue weighted by Gasteiger charge is -2.49. The number of hydrogen-bond donors (Lipinski definition) is 0. The van der Waals surface area contributed by atoms with Crippen LogP contribution < -0.4 is 0 Å². The van der Waals surface area contributed by atoms with Gasteiger partial charge in [0.25, 0.3) is 0 Å². The molecule has 0 aromatic heterocycles. The second-order valence-corrected chi connectivity index (χ2v) is 5.85. The zero-order valence-corrected chi connectivity index (χ0v) is 11.1. The maximum absolute atomic E-state index is 11.4. The summed E-state index contributed by atoms with van der Waals surface area (Å²) in [6.07, 6.45) is 3.40. The first-order valence-electron chi connectivity index (χ1n) is 6.57. The molecule has 1 aliphatic carbocycles. The number of rotatable bonds is 2. The number of carbonyl (C=O) groups excluding carboxylic acids is 1. The summed E-state index contributed by atoms with van der Waals surface area (Å²) in [6.45, 7) is 1.49. The Kier molecular flexibility index (Phi) is 3.16.